The average molecular weight is 224 g/mol. The quantitative estimate of drug-likeness (QED) is 0.404. The molecule has 2 heterocycles. The Morgan fingerprint density at radius 1 is 0.875 bits per heavy atom. The minimum Gasteiger partial charge on any atom is -0.393 e. The lowest BCUT2D eigenvalue weighted by Crippen LogP contribution is -2.37. The van der Waals surface area contributed by atoms with Gasteiger partial charge < -0.3 is 9.47 Å². The van der Waals surface area contributed by atoms with Crippen molar-refractivity contribution in [2.75, 3.05) is 0 Å². The molecule has 6 heteroatoms. The van der Waals surface area contributed by atoms with Crippen LogP contribution in [-0.2, 0) is 28.7 Å². The Kier molecular flexibility index (Phi) is 1.72. The highest BCUT2D eigenvalue weighted by Crippen LogP contribution is 2.49. The summed E-state index contributed by atoms with van der Waals surface area (Å²) in [4.78, 5) is 45.5. The first-order chi connectivity index (χ1) is 7.58. The maximum absolute atomic E-state index is 11.5. The number of cyclic esters (lactones) is 4. The van der Waals surface area contributed by atoms with Gasteiger partial charge in [0, 0.05) is 0 Å². The fraction of sp³-hybridized carbons (Fsp3) is 0.600. The topological polar surface area (TPSA) is 86.7 Å². The second kappa shape index (κ2) is 2.90. The fourth-order valence-corrected chi connectivity index (χ4v) is 2.93. The molecule has 2 saturated heterocycles. The van der Waals surface area contributed by atoms with Gasteiger partial charge in [-0.2, -0.15) is 0 Å². The van der Waals surface area contributed by atoms with E-state index in [1.54, 1.807) is 0 Å². The van der Waals surface area contributed by atoms with Crippen LogP contribution in [0.4, 0.5) is 0 Å². The zero-order valence-corrected chi connectivity index (χ0v) is 8.17. The van der Waals surface area contributed by atoms with Crippen molar-refractivity contribution in [1.29, 1.82) is 0 Å². The summed E-state index contributed by atoms with van der Waals surface area (Å²) < 4.78 is 9.05. The molecule has 0 radical (unpaired) electrons. The molecule has 16 heavy (non-hydrogen) atoms. The Hall–Kier alpha value is -1.72. The van der Waals surface area contributed by atoms with Gasteiger partial charge in [0.05, 0.1) is 24.2 Å². The first kappa shape index (κ1) is 9.50. The van der Waals surface area contributed by atoms with Gasteiger partial charge in [0.1, 0.15) is 0 Å². The number of hydrogen-bond donors (Lipinski definition) is 0. The zero-order chi connectivity index (χ0) is 11.4. The molecule has 2 bridgehead atoms. The number of carbonyl (C=O) groups is 4. The monoisotopic (exact) mass is 224 g/mol. The SMILES string of the molecule is O=C1C[C@H]2[C@H](C(=O)O1)[C@H]1C[C@@H]2C(=O)OC1=O. The van der Waals surface area contributed by atoms with Crippen LogP contribution in [0.3, 0.4) is 0 Å². The molecule has 84 valence electrons. The minimum absolute atomic E-state index is 0.0138. The molecule has 0 aromatic heterocycles. The van der Waals surface area contributed by atoms with Crippen molar-refractivity contribution in [1.82, 2.24) is 0 Å². The molecule has 0 aromatic rings. The van der Waals surface area contributed by atoms with E-state index in [1.807, 2.05) is 0 Å². The number of esters is 4. The molecule has 3 rings (SSSR count). The number of fused-ring (bicyclic) bond motifs is 5. The highest BCUT2D eigenvalue weighted by molar-refractivity contribution is 5.99. The Labute approximate surface area is 89.9 Å². The summed E-state index contributed by atoms with van der Waals surface area (Å²) in [5, 5.41) is 0. The molecule has 0 spiro atoms. The fourth-order valence-electron chi connectivity index (χ4n) is 2.93. The number of carbonyl (C=O) groups excluding carboxylic acids is 4. The molecule has 0 aromatic carbocycles. The highest BCUT2D eigenvalue weighted by Gasteiger charge is 2.60. The summed E-state index contributed by atoms with van der Waals surface area (Å²) in [5.41, 5.74) is 0. The molecule has 1 saturated carbocycles. The van der Waals surface area contributed by atoms with Crippen LogP contribution in [0.2, 0.25) is 0 Å². The van der Waals surface area contributed by atoms with Crippen LogP contribution in [0.5, 0.6) is 0 Å². The Balaban J connectivity index is 2.02. The van der Waals surface area contributed by atoms with Gasteiger partial charge >= 0.3 is 23.9 Å². The molecule has 1 aliphatic carbocycles. The largest absolute Gasteiger partial charge is 0.393 e. The van der Waals surface area contributed by atoms with Crippen LogP contribution >= 0.6 is 0 Å². The van der Waals surface area contributed by atoms with Gasteiger partial charge in [-0.3, -0.25) is 19.2 Å². The smallest absolute Gasteiger partial charge is 0.317 e. The predicted molar refractivity (Wildman–Crippen MR) is 45.4 cm³/mol. The van der Waals surface area contributed by atoms with E-state index in [4.69, 9.17) is 0 Å². The normalized spacial score (nSPS) is 41.5. The van der Waals surface area contributed by atoms with Crippen LogP contribution in [0, 0.1) is 23.7 Å². The summed E-state index contributed by atoms with van der Waals surface area (Å²) in [6, 6.07) is 0. The van der Waals surface area contributed by atoms with E-state index in [1.165, 1.54) is 0 Å². The van der Waals surface area contributed by atoms with Gasteiger partial charge in [-0.25, -0.2) is 0 Å². The van der Waals surface area contributed by atoms with Crippen molar-refractivity contribution in [2.24, 2.45) is 23.7 Å². The van der Waals surface area contributed by atoms with Crippen molar-refractivity contribution in [3.63, 3.8) is 0 Å². The van der Waals surface area contributed by atoms with Gasteiger partial charge in [-0.1, -0.05) is 0 Å². The van der Waals surface area contributed by atoms with Crippen LogP contribution in [-0.4, -0.2) is 23.9 Å². The van der Waals surface area contributed by atoms with Gasteiger partial charge in [0.25, 0.3) is 0 Å². The molecule has 4 atom stereocenters. The summed E-state index contributed by atoms with van der Waals surface area (Å²) >= 11 is 0. The molecule has 0 amide bonds. The second-order valence-corrected chi connectivity index (χ2v) is 4.38. The zero-order valence-electron chi connectivity index (χ0n) is 8.17. The predicted octanol–water partition coefficient (Wildman–Crippen LogP) is -0.588. The van der Waals surface area contributed by atoms with E-state index in [9.17, 15) is 19.2 Å². The summed E-state index contributed by atoms with van der Waals surface area (Å²) in [6.07, 6.45) is 0.315. The molecule has 3 fully saturated rings. The van der Waals surface area contributed by atoms with Crippen molar-refractivity contribution >= 4 is 23.9 Å². The standard InChI is InChI=1S/C10H8O6/c11-6-2-3-4-1-5(7(3)10(14)15-6)9(13)16-8(4)12/h3-5,7H,1-2H2/t3-,4+,5-,7+/m1/s1. The van der Waals surface area contributed by atoms with Crippen molar-refractivity contribution in [3.8, 4) is 0 Å². The Morgan fingerprint density at radius 3 is 2.31 bits per heavy atom. The van der Waals surface area contributed by atoms with Crippen molar-refractivity contribution in [2.45, 2.75) is 12.8 Å². The first-order valence-corrected chi connectivity index (χ1v) is 5.08. The average Bonchev–Trinajstić information content (AvgIpc) is 2.52. The molecular formula is C10H8O6. The second-order valence-electron chi connectivity index (χ2n) is 4.38. The van der Waals surface area contributed by atoms with E-state index < -0.39 is 47.5 Å². The van der Waals surface area contributed by atoms with Gasteiger partial charge in [0.2, 0.25) is 0 Å². The van der Waals surface area contributed by atoms with E-state index in [0.29, 0.717) is 6.42 Å². The molecule has 3 aliphatic rings. The highest BCUT2D eigenvalue weighted by atomic mass is 16.6. The molecule has 0 unspecified atom stereocenters. The van der Waals surface area contributed by atoms with E-state index >= 15 is 0 Å². The first-order valence-electron chi connectivity index (χ1n) is 5.08. The van der Waals surface area contributed by atoms with Crippen LogP contribution < -0.4 is 0 Å². The van der Waals surface area contributed by atoms with Gasteiger partial charge in [-0.15, -0.1) is 0 Å². The van der Waals surface area contributed by atoms with E-state index in [-0.39, 0.29) is 6.42 Å². The summed E-state index contributed by atoms with van der Waals surface area (Å²) in [5.74, 6) is -4.83. The summed E-state index contributed by atoms with van der Waals surface area (Å²) in [7, 11) is 0. The van der Waals surface area contributed by atoms with Gasteiger partial charge in [0.15, 0.2) is 0 Å². The van der Waals surface area contributed by atoms with E-state index in [0.717, 1.165) is 0 Å². The maximum Gasteiger partial charge on any atom is 0.317 e. The lowest BCUT2D eigenvalue weighted by molar-refractivity contribution is -0.174. The third kappa shape index (κ3) is 1.07. The summed E-state index contributed by atoms with van der Waals surface area (Å²) in [6.45, 7) is 0. The van der Waals surface area contributed by atoms with Crippen LogP contribution in [0.25, 0.3) is 0 Å². The maximum atomic E-state index is 11.5. The number of rotatable bonds is 0. The molecular weight excluding hydrogens is 216 g/mol. The molecule has 0 N–H and O–H groups in total. The number of hydrogen-bond acceptors (Lipinski definition) is 6. The lowest BCUT2D eigenvalue weighted by Gasteiger charge is -2.24. The van der Waals surface area contributed by atoms with Crippen LogP contribution in [0.15, 0.2) is 0 Å². The van der Waals surface area contributed by atoms with Crippen molar-refractivity contribution < 1.29 is 28.7 Å². The third-order valence-corrected chi connectivity index (χ3v) is 3.62. The third-order valence-electron chi connectivity index (χ3n) is 3.62. The van der Waals surface area contributed by atoms with Gasteiger partial charge in [-0.05, 0) is 12.3 Å². The molecule has 6 nitrogen and oxygen atoms in total. The Morgan fingerprint density at radius 2 is 1.56 bits per heavy atom. The Bertz CT molecular complexity index is 425. The van der Waals surface area contributed by atoms with E-state index in [2.05, 4.69) is 9.47 Å². The van der Waals surface area contributed by atoms with Crippen LogP contribution in [0.1, 0.15) is 12.8 Å². The molecule has 2 aliphatic heterocycles. The lowest BCUT2D eigenvalue weighted by atomic mass is 9.83. The van der Waals surface area contributed by atoms with Crippen molar-refractivity contribution in [3.05, 3.63) is 0 Å². The number of ether oxygens (including phenoxy) is 2. The minimum atomic E-state index is -0.694.